The van der Waals surface area contributed by atoms with E-state index in [0.717, 1.165) is 17.9 Å². The molecule has 0 saturated carbocycles. The average molecular weight is 383 g/mol. The summed E-state index contributed by atoms with van der Waals surface area (Å²) in [5, 5.41) is 8.72. The largest absolute Gasteiger partial charge is 0.491 e. The molecule has 0 heterocycles. The molecule has 0 saturated heterocycles. The lowest BCUT2D eigenvalue weighted by Gasteiger charge is -2.13. The number of anilines is 3. The highest BCUT2D eigenvalue weighted by molar-refractivity contribution is 5.96. The van der Waals surface area contributed by atoms with E-state index in [9.17, 15) is 9.59 Å². The van der Waals surface area contributed by atoms with Crippen molar-refractivity contribution in [2.75, 3.05) is 22.5 Å². The normalized spacial score (nSPS) is 11.6. The van der Waals surface area contributed by atoms with Crippen LogP contribution < -0.4 is 20.7 Å². The van der Waals surface area contributed by atoms with Crippen LogP contribution in [-0.4, -0.2) is 24.5 Å². The maximum Gasteiger partial charge on any atom is 0.243 e. The molecule has 0 aromatic heterocycles. The lowest BCUT2D eigenvalue weighted by Crippen LogP contribution is -2.22. The van der Waals surface area contributed by atoms with Crippen molar-refractivity contribution in [2.24, 2.45) is 5.92 Å². The number of hydrogen-bond acceptors (Lipinski definition) is 4. The van der Waals surface area contributed by atoms with Crippen LogP contribution in [0.2, 0.25) is 0 Å². The molecule has 0 bridgehead atoms. The highest BCUT2D eigenvalue weighted by Gasteiger charge is 2.08. The quantitative estimate of drug-likeness (QED) is 0.595. The third-order valence-electron chi connectivity index (χ3n) is 4.16. The van der Waals surface area contributed by atoms with Gasteiger partial charge in [-0.1, -0.05) is 26.8 Å². The Labute approximate surface area is 166 Å². The number of benzene rings is 2. The maximum absolute atomic E-state index is 12.2. The lowest BCUT2D eigenvalue weighted by atomic mass is 10.2. The maximum atomic E-state index is 12.2. The molecule has 2 amide bonds. The molecule has 2 rings (SSSR count). The Bertz CT molecular complexity index is 788. The lowest BCUT2D eigenvalue weighted by molar-refractivity contribution is -0.119. The van der Waals surface area contributed by atoms with Gasteiger partial charge in [0.1, 0.15) is 5.75 Å². The van der Waals surface area contributed by atoms with Crippen LogP contribution in [0.15, 0.2) is 48.5 Å². The first-order valence-corrected chi connectivity index (χ1v) is 9.58. The standard InChI is InChI=1S/C22H29N3O3/c1-5-16(4)28-20-11-9-17(10-12-20)23-14-21(26)24-18-7-6-8-19(13-18)25-22(27)15(2)3/h6-13,15-16,23H,5,14H2,1-4H3,(H,24,26)(H,25,27). The zero-order valence-electron chi connectivity index (χ0n) is 16.9. The summed E-state index contributed by atoms with van der Waals surface area (Å²) in [4.78, 5) is 24.0. The molecule has 1 unspecified atom stereocenters. The number of carbonyl (C=O) groups is 2. The summed E-state index contributed by atoms with van der Waals surface area (Å²) in [7, 11) is 0. The van der Waals surface area contributed by atoms with Crippen molar-refractivity contribution in [2.45, 2.75) is 40.2 Å². The van der Waals surface area contributed by atoms with Crippen LogP contribution in [0, 0.1) is 5.92 Å². The third-order valence-corrected chi connectivity index (χ3v) is 4.16. The van der Waals surface area contributed by atoms with Crippen LogP contribution in [-0.2, 0) is 9.59 Å². The van der Waals surface area contributed by atoms with E-state index in [1.807, 2.05) is 45.0 Å². The molecule has 0 aliphatic rings. The molecule has 0 fully saturated rings. The first-order chi connectivity index (χ1) is 13.4. The number of rotatable bonds is 9. The van der Waals surface area contributed by atoms with E-state index in [1.54, 1.807) is 24.3 Å². The first kappa shape index (κ1) is 21.3. The highest BCUT2D eigenvalue weighted by Crippen LogP contribution is 2.18. The summed E-state index contributed by atoms with van der Waals surface area (Å²) < 4.78 is 5.74. The molecule has 2 aromatic rings. The number of ether oxygens (including phenoxy) is 1. The number of hydrogen-bond donors (Lipinski definition) is 3. The second-order valence-electron chi connectivity index (χ2n) is 6.99. The fraction of sp³-hybridized carbons (Fsp3) is 0.364. The van der Waals surface area contributed by atoms with Crippen LogP contribution in [0.1, 0.15) is 34.1 Å². The molecule has 1 atom stereocenters. The summed E-state index contributed by atoms with van der Waals surface area (Å²) in [6.45, 7) is 7.90. The molecule has 6 nitrogen and oxygen atoms in total. The summed E-state index contributed by atoms with van der Waals surface area (Å²) in [5.74, 6) is 0.465. The van der Waals surface area contributed by atoms with Gasteiger partial charge in [-0.05, 0) is 55.8 Å². The Morgan fingerprint density at radius 2 is 1.57 bits per heavy atom. The van der Waals surface area contributed by atoms with Crippen molar-refractivity contribution >= 4 is 28.9 Å². The number of amides is 2. The van der Waals surface area contributed by atoms with Gasteiger partial charge in [-0.2, -0.15) is 0 Å². The molecular weight excluding hydrogens is 354 g/mol. The fourth-order valence-corrected chi connectivity index (χ4v) is 2.32. The Morgan fingerprint density at radius 1 is 0.929 bits per heavy atom. The SMILES string of the molecule is CCC(C)Oc1ccc(NCC(=O)Nc2cccc(NC(=O)C(C)C)c2)cc1. The van der Waals surface area contributed by atoms with E-state index in [4.69, 9.17) is 4.74 Å². The fourth-order valence-electron chi connectivity index (χ4n) is 2.32. The Balaban J connectivity index is 1.85. The van der Waals surface area contributed by atoms with Gasteiger partial charge in [0.15, 0.2) is 0 Å². The highest BCUT2D eigenvalue weighted by atomic mass is 16.5. The second kappa shape index (κ2) is 10.3. The summed E-state index contributed by atoms with van der Waals surface area (Å²) >= 11 is 0. The molecule has 0 aliphatic carbocycles. The van der Waals surface area contributed by atoms with Crippen LogP contribution in [0.3, 0.4) is 0 Å². The van der Waals surface area contributed by atoms with Gasteiger partial charge in [-0.25, -0.2) is 0 Å². The van der Waals surface area contributed by atoms with Crippen LogP contribution in [0.4, 0.5) is 17.1 Å². The molecule has 0 spiro atoms. The van der Waals surface area contributed by atoms with Crippen molar-refractivity contribution in [1.29, 1.82) is 0 Å². The van der Waals surface area contributed by atoms with Gasteiger partial charge in [0, 0.05) is 23.0 Å². The third kappa shape index (κ3) is 6.95. The predicted molar refractivity (Wildman–Crippen MR) is 114 cm³/mol. The van der Waals surface area contributed by atoms with E-state index in [2.05, 4.69) is 22.9 Å². The van der Waals surface area contributed by atoms with Gasteiger partial charge in [0.25, 0.3) is 0 Å². The van der Waals surface area contributed by atoms with Crippen molar-refractivity contribution in [3.63, 3.8) is 0 Å². The molecule has 6 heteroatoms. The molecule has 150 valence electrons. The van der Waals surface area contributed by atoms with E-state index < -0.39 is 0 Å². The summed E-state index contributed by atoms with van der Waals surface area (Å²) in [6, 6.07) is 14.6. The van der Waals surface area contributed by atoms with Crippen molar-refractivity contribution in [3.8, 4) is 5.75 Å². The van der Waals surface area contributed by atoms with E-state index in [1.165, 1.54) is 0 Å². The topological polar surface area (TPSA) is 79.5 Å². The minimum Gasteiger partial charge on any atom is -0.491 e. The molecule has 2 aromatic carbocycles. The smallest absolute Gasteiger partial charge is 0.243 e. The van der Waals surface area contributed by atoms with Gasteiger partial charge in [-0.3, -0.25) is 9.59 Å². The van der Waals surface area contributed by atoms with Crippen LogP contribution in [0.25, 0.3) is 0 Å². The molecule has 0 aliphatic heterocycles. The van der Waals surface area contributed by atoms with Gasteiger partial charge in [-0.15, -0.1) is 0 Å². The number of nitrogens with one attached hydrogen (secondary N) is 3. The first-order valence-electron chi connectivity index (χ1n) is 9.58. The van der Waals surface area contributed by atoms with Crippen molar-refractivity contribution in [1.82, 2.24) is 0 Å². The van der Waals surface area contributed by atoms with E-state index >= 15 is 0 Å². The van der Waals surface area contributed by atoms with E-state index in [0.29, 0.717) is 11.4 Å². The van der Waals surface area contributed by atoms with Crippen LogP contribution in [0.5, 0.6) is 5.75 Å². The van der Waals surface area contributed by atoms with Gasteiger partial charge in [0.05, 0.1) is 12.6 Å². The second-order valence-corrected chi connectivity index (χ2v) is 6.99. The van der Waals surface area contributed by atoms with Crippen LogP contribution >= 0.6 is 0 Å². The summed E-state index contributed by atoms with van der Waals surface area (Å²) in [6.07, 6.45) is 1.12. The zero-order valence-corrected chi connectivity index (χ0v) is 16.9. The molecule has 28 heavy (non-hydrogen) atoms. The molecular formula is C22H29N3O3. The Kier molecular flexibility index (Phi) is 7.87. The molecule has 3 N–H and O–H groups in total. The van der Waals surface area contributed by atoms with Gasteiger partial charge in [0.2, 0.25) is 11.8 Å². The van der Waals surface area contributed by atoms with Crippen molar-refractivity contribution in [3.05, 3.63) is 48.5 Å². The Morgan fingerprint density at radius 3 is 2.18 bits per heavy atom. The van der Waals surface area contributed by atoms with Gasteiger partial charge < -0.3 is 20.7 Å². The van der Waals surface area contributed by atoms with Crippen molar-refractivity contribution < 1.29 is 14.3 Å². The minimum atomic E-state index is -0.174. The predicted octanol–water partition coefficient (Wildman–Crippen LogP) is 4.51. The number of carbonyl (C=O) groups excluding carboxylic acids is 2. The van der Waals surface area contributed by atoms with E-state index in [-0.39, 0.29) is 30.4 Å². The minimum absolute atomic E-state index is 0.0640. The molecule has 0 radical (unpaired) electrons. The average Bonchev–Trinajstić information content (AvgIpc) is 2.67. The monoisotopic (exact) mass is 383 g/mol. The Hall–Kier alpha value is -3.02. The summed E-state index contributed by atoms with van der Waals surface area (Å²) in [5.41, 5.74) is 2.12. The van der Waals surface area contributed by atoms with Gasteiger partial charge >= 0.3 is 0 Å². The zero-order chi connectivity index (χ0) is 20.5.